The number of halogens is 8. The summed E-state index contributed by atoms with van der Waals surface area (Å²) in [7, 11) is -12.0. The number of hydrogen-bond acceptors (Lipinski definition) is 2. The molecule has 0 fully saturated rings. The molecule has 4 nitrogen and oxygen atoms in total. The van der Waals surface area contributed by atoms with E-state index in [1.165, 1.54) is 48.4 Å². The van der Waals surface area contributed by atoms with Gasteiger partial charge in [0.1, 0.15) is 0 Å². The van der Waals surface area contributed by atoms with Gasteiger partial charge < -0.3 is 55.3 Å². The van der Waals surface area contributed by atoms with Crippen molar-refractivity contribution in [3.8, 4) is 0 Å². The molecule has 4 rings (SSSR count). The van der Waals surface area contributed by atoms with E-state index in [-0.39, 0.29) is 31.4 Å². The van der Waals surface area contributed by atoms with Crippen LogP contribution in [-0.4, -0.2) is 51.6 Å². The molecule has 2 aromatic carbocycles. The van der Waals surface area contributed by atoms with Crippen molar-refractivity contribution in [2.45, 2.75) is 12.8 Å². The molecule has 0 amide bonds. The van der Waals surface area contributed by atoms with Crippen LogP contribution in [0.25, 0.3) is 0 Å². The third kappa shape index (κ3) is 12.9. The second kappa shape index (κ2) is 14.5. The predicted octanol–water partition coefficient (Wildman–Crippen LogP) is 4.06. The molecule has 4 N–H and O–H groups in total. The number of hydrogen-bond donors (Lipinski definition) is 0. The average molecular weight is 580 g/mol. The van der Waals surface area contributed by atoms with Gasteiger partial charge in [0.15, 0.2) is 0 Å². The van der Waals surface area contributed by atoms with Crippen molar-refractivity contribution in [2.24, 2.45) is 0 Å². The Morgan fingerprint density at radius 3 is 1.15 bits per heavy atom. The van der Waals surface area contributed by atoms with Gasteiger partial charge in [0.05, 0.1) is 0 Å². The van der Waals surface area contributed by atoms with Crippen LogP contribution in [0.15, 0.2) is 48.5 Å². The number of rotatable bonds is 3. The van der Waals surface area contributed by atoms with Gasteiger partial charge in [-0.1, -0.05) is 36.4 Å². The minimum absolute atomic E-state index is 0. The van der Waals surface area contributed by atoms with Crippen LogP contribution in [0.4, 0.5) is 45.9 Å². The summed E-state index contributed by atoms with van der Waals surface area (Å²) in [6.45, 7) is 4.61. The third-order valence-electron chi connectivity index (χ3n) is 4.61. The van der Waals surface area contributed by atoms with E-state index in [1.54, 1.807) is 0 Å². The van der Waals surface area contributed by atoms with Crippen LogP contribution in [0.3, 0.4) is 0 Å². The molecule has 2 aliphatic heterocycles. The van der Waals surface area contributed by atoms with Crippen LogP contribution in [0.1, 0.15) is 11.1 Å². The largest absolute Gasteiger partial charge is 2.00 e. The number of nitrogens with zero attached hydrogens (tertiary/aromatic N) is 2. The average Bonchev–Trinajstić information content (AvgIpc) is 3.21. The summed E-state index contributed by atoms with van der Waals surface area (Å²) in [5, 5.41) is 0. The topological polar surface area (TPSA) is 69.5 Å². The van der Waals surface area contributed by atoms with Crippen LogP contribution in [0.2, 0.25) is 0 Å². The summed E-state index contributed by atoms with van der Waals surface area (Å²) in [4.78, 5) is 5.08. The van der Waals surface area contributed by atoms with E-state index >= 15 is 0 Å². The van der Waals surface area contributed by atoms with E-state index in [9.17, 15) is 34.5 Å². The Labute approximate surface area is 200 Å². The van der Waals surface area contributed by atoms with E-state index in [2.05, 4.69) is 58.3 Å². The van der Waals surface area contributed by atoms with Crippen molar-refractivity contribution in [1.82, 2.24) is 0 Å². The molecule has 190 valence electrons. The van der Waals surface area contributed by atoms with Crippen LogP contribution in [-0.2, 0) is 33.3 Å². The van der Waals surface area contributed by atoms with Crippen molar-refractivity contribution in [3.63, 3.8) is 0 Å². The Morgan fingerprint density at radius 1 is 0.576 bits per heavy atom. The Balaban J connectivity index is 0. The molecular formula is C18H24B2F8N2O2Pd. The fourth-order valence-electron chi connectivity index (χ4n) is 3.52. The van der Waals surface area contributed by atoms with Gasteiger partial charge in [-0.05, 0) is 36.1 Å². The predicted molar refractivity (Wildman–Crippen MR) is 112 cm³/mol. The molecule has 2 aliphatic rings. The Bertz CT molecular complexity index is 751. The van der Waals surface area contributed by atoms with Crippen molar-refractivity contribution in [3.05, 3.63) is 59.7 Å². The zero-order valence-corrected chi connectivity index (χ0v) is 18.8. The minimum Gasteiger partial charge on any atom is -0.418 e. The Morgan fingerprint density at radius 2 is 0.848 bits per heavy atom. The summed E-state index contributed by atoms with van der Waals surface area (Å²) in [6.07, 6.45) is 2.40. The quantitative estimate of drug-likeness (QED) is 0.406. The molecule has 0 saturated carbocycles. The van der Waals surface area contributed by atoms with E-state index in [0.717, 1.165) is 13.1 Å². The molecule has 0 aromatic heterocycles. The maximum absolute atomic E-state index is 9.75. The third-order valence-corrected chi connectivity index (χ3v) is 4.61. The Hall–Kier alpha value is -1.81. The van der Waals surface area contributed by atoms with Gasteiger partial charge in [-0.15, -0.1) is 0 Å². The number of benzene rings is 2. The molecule has 15 heteroatoms. The molecule has 2 heterocycles. The zero-order chi connectivity index (χ0) is 22.4. The molecule has 0 saturated heterocycles. The van der Waals surface area contributed by atoms with Gasteiger partial charge >= 0.3 is 34.9 Å². The second-order valence-electron chi connectivity index (χ2n) is 6.72. The van der Waals surface area contributed by atoms with Crippen molar-refractivity contribution < 1.29 is 65.9 Å². The van der Waals surface area contributed by atoms with E-state index in [0.29, 0.717) is 0 Å². The molecule has 33 heavy (non-hydrogen) atoms. The molecule has 0 bridgehead atoms. The van der Waals surface area contributed by atoms with Gasteiger partial charge in [0.25, 0.3) is 0 Å². The fourth-order valence-corrected chi connectivity index (χ4v) is 3.52. The maximum atomic E-state index is 9.75. The van der Waals surface area contributed by atoms with Crippen LogP contribution >= 0.6 is 0 Å². The second-order valence-corrected chi connectivity index (χ2v) is 6.72. The van der Waals surface area contributed by atoms with Crippen molar-refractivity contribution >= 4 is 25.9 Å². The number of anilines is 2. The van der Waals surface area contributed by atoms with Crippen LogP contribution < -0.4 is 9.80 Å². The summed E-state index contributed by atoms with van der Waals surface area (Å²) in [5.74, 6) is 0. The maximum Gasteiger partial charge on any atom is 2.00 e. The summed E-state index contributed by atoms with van der Waals surface area (Å²) in [5.41, 5.74) is 5.91. The standard InChI is InChI=1S/C18H20N2.2BF4.2H2O.Pd/c1-3-7-17-15(5-1)9-11-19(17)13-14-20-12-10-16-6-2-4-8-18(16)20;2*2-1(3,4)5;;;/h1-8H,9-14H2;;;2*1H2;/q;2*-1;;;+2. The van der Waals surface area contributed by atoms with Gasteiger partial charge in [0.2, 0.25) is 0 Å². The summed E-state index contributed by atoms with van der Waals surface area (Å²) < 4.78 is 78.0. The minimum atomic E-state index is -6.00. The first-order valence-electron chi connectivity index (χ1n) is 9.32. The first-order valence-corrected chi connectivity index (χ1v) is 9.32. The van der Waals surface area contributed by atoms with Crippen molar-refractivity contribution in [1.29, 1.82) is 0 Å². The summed E-state index contributed by atoms with van der Waals surface area (Å²) >= 11 is 0. The van der Waals surface area contributed by atoms with E-state index in [1.807, 2.05) is 0 Å². The Kier molecular flexibility index (Phi) is 14.6. The van der Waals surface area contributed by atoms with Gasteiger partial charge in [0, 0.05) is 37.6 Å². The van der Waals surface area contributed by atoms with Gasteiger partial charge in [-0.2, -0.15) is 0 Å². The van der Waals surface area contributed by atoms with Crippen LogP contribution in [0, 0.1) is 0 Å². The number of fused-ring (bicyclic) bond motifs is 2. The normalized spacial score (nSPS) is 13.6. The molecule has 2 aromatic rings. The van der Waals surface area contributed by atoms with E-state index in [4.69, 9.17) is 0 Å². The fraction of sp³-hybridized carbons (Fsp3) is 0.333. The molecular weight excluding hydrogens is 556 g/mol. The van der Waals surface area contributed by atoms with Crippen LogP contribution in [0.5, 0.6) is 0 Å². The SMILES string of the molecule is F[B-](F)(F)F.F[B-](F)(F)F.O.O.[Pd+2].c1ccc2c(c1)CCN2CCN1CCc2ccccc21. The monoisotopic (exact) mass is 580 g/mol. The molecule has 0 aliphatic carbocycles. The van der Waals surface area contributed by atoms with Crippen molar-refractivity contribution in [2.75, 3.05) is 36.0 Å². The molecule has 0 atom stereocenters. The van der Waals surface area contributed by atoms with Gasteiger partial charge in [-0.3, -0.25) is 0 Å². The summed E-state index contributed by atoms with van der Waals surface area (Å²) in [6, 6.07) is 17.7. The zero-order valence-electron chi connectivity index (χ0n) is 17.3. The number of para-hydroxylation sites is 2. The molecule has 0 radical (unpaired) electrons. The van der Waals surface area contributed by atoms with Gasteiger partial charge in [-0.25, -0.2) is 0 Å². The smallest absolute Gasteiger partial charge is 0.418 e. The first-order chi connectivity index (χ1) is 13.9. The first kappa shape index (κ1) is 33.4. The van der Waals surface area contributed by atoms with E-state index < -0.39 is 14.5 Å². The molecule has 0 spiro atoms. The molecule has 0 unspecified atom stereocenters.